The topological polar surface area (TPSA) is 112 Å². The number of esters is 1. The summed E-state index contributed by atoms with van der Waals surface area (Å²) in [5.74, 6) is -0.490. The largest absolute Gasteiger partial charge is 0.465 e. The highest BCUT2D eigenvalue weighted by molar-refractivity contribution is 7.20. The Hall–Kier alpha value is -4.06. The van der Waals surface area contributed by atoms with E-state index in [0.717, 1.165) is 48.9 Å². The number of likely N-dealkylation sites (tertiary alicyclic amines) is 1. The number of thiophene rings is 1. The van der Waals surface area contributed by atoms with Gasteiger partial charge in [-0.05, 0) is 60.9 Å². The van der Waals surface area contributed by atoms with Gasteiger partial charge in [0.05, 0.1) is 28.0 Å². The third-order valence-corrected chi connectivity index (χ3v) is 8.57. The predicted octanol–water partition coefficient (Wildman–Crippen LogP) is 5.89. The van der Waals surface area contributed by atoms with Crippen LogP contribution in [0, 0.1) is 5.82 Å². The van der Waals surface area contributed by atoms with Gasteiger partial charge in [-0.1, -0.05) is 11.6 Å². The zero-order valence-electron chi connectivity index (χ0n) is 22.0. The molecule has 1 aliphatic rings. The van der Waals surface area contributed by atoms with Gasteiger partial charge in [0.1, 0.15) is 22.8 Å². The Morgan fingerprint density at radius 1 is 1.15 bits per heavy atom. The predicted molar refractivity (Wildman–Crippen MR) is 158 cm³/mol. The number of carbonyl (C=O) groups excluding carboxylic acids is 2. The molecule has 0 saturated carbocycles. The lowest BCUT2D eigenvalue weighted by Gasteiger charge is -2.32. The summed E-state index contributed by atoms with van der Waals surface area (Å²) in [6, 6.07) is 11.7. The van der Waals surface area contributed by atoms with Crippen LogP contribution >= 0.6 is 22.9 Å². The van der Waals surface area contributed by atoms with E-state index >= 15 is 0 Å². The molecule has 210 valence electrons. The van der Waals surface area contributed by atoms with Crippen LogP contribution in [0.4, 0.5) is 15.9 Å². The Kier molecular flexibility index (Phi) is 7.57. The molecule has 2 aromatic carbocycles. The number of fused-ring (bicyclic) bond motifs is 2. The molecule has 1 saturated heterocycles. The third kappa shape index (κ3) is 5.74. The molecule has 1 fully saturated rings. The number of rotatable bonds is 7. The van der Waals surface area contributed by atoms with Crippen LogP contribution in [0.1, 0.15) is 38.4 Å². The second-order valence-electron chi connectivity index (χ2n) is 9.90. The summed E-state index contributed by atoms with van der Waals surface area (Å²) in [6.07, 6.45) is 5.06. The number of nitrogens with one attached hydrogen (secondary N) is 3. The molecule has 0 aliphatic carbocycles. The van der Waals surface area contributed by atoms with Crippen molar-refractivity contribution < 1.29 is 18.7 Å². The maximum atomic E-state index is 13.5. The molecule has 0 spiro atoms. The van der Waals surface area contributed by atoms with Gasteiger partial charge in [0, 0.05) is 48.5 Å². The molecule has 0 unspecified atom stereocenters. The summed E-state index contributed by atoms with van der Waals surface area (Å²) in [5.41, 5.74) is 3.20. The first-order chi connectivity index (χ1) is 19.9. The second kappa shape index (κ2) is 11.4. The van der Waals surface area contributed by atoms with Crippen LogP contribution in [0.3, 0.4) is 0 Å². The molecule has 12 heteroatoms. The normalized spacial score (nSPS) is 14.4. The molecule has 3 N–H and O–H groups in total. The molecule has 1 amide bonds. The number of benzene rings is 2. The van der Waals surface area contributed by atoms with Crippen molar-refractivity contribution in [2.24, 2.45) is 0 Å². The van der Waals surface area contributed by atoms with Gasteiger partial charge in [-0.3, -0.25) is 9.69 Å². The van der Waals surface area contributed by atoms with Gasteiger partial charge < -0.3 is 20.4 Å². The van der Waals surface area contributed by atoms with E-state index in [1.165, 1.54) is 36.9 Å². The summed E-state index contributed by atoms with van der Waals surface area (Å²) in [6.45, 7) is 2.41. The SMILES string of the molecule is COC(=O)c1ccc2[nH]cc(CN3CCC(NC(=O)c4cc5c(Nc6ccc(F)c(Cl)c6)ncnc5s4)CC3)c2c1. The van der Waals surface area contributed by atoms with E-state index in [0.29, 0.717) is 32.2 Å². The van der Waals surface area contributed by atoms with E-state index in [1.54, 1.807) is 18.2 Å². The Morgan fingerprint density at radius 2 is 1.98 bits per heavy atom. The van der Waals surface area contributed by atoms with Crippen molar-refractivity contribution in [3.63, 3.8) is 0 Å². The number of anilines is 2. The lowest BCUT2D eigenvalue weighted by Crippen LogP contribution is -2.44. The van der Waals surface area contributed by atoms with Crippen LogP contribution in [0.2, 0.25) is 5.02 Å². The van der Waals surface area contributed by atoms with Crippen LogP contribution in [0.15, 0.2) is 55.0 Å². The number of hydrogen-bond acceptors (Lipinski definition) is 8. The van der Waals surface area contributed by atoms with Crippen molar-refractivity contribution in [2.75, 3.05) is 25.5 Å². The maximum absolute atomic E-state index is 13.5. The molecule has 5 aromatic rings. The van der Waals surface area contributed by atoms with Crippen LogP contribution < -0.4 is 10.6 Å². The standard InChI is InChI=1S/C29H26ClFN6O3S/c1-40-29(39)16-2-5-24-20(10-16)17(13-32-24)14-37-8-6-18(7-9-37)36-27(38)25-12-21-26(33-15-34-28(21)41-25)35-19-3-4-23(31)22(30)11-19/h2-5,10-13,15,18,32H,6-9,14H2,1H3,(H,36,38)(H,33,34,35). The van der Waals surface area contributed by atoms with E-state index in [4.69, 9.17) is 16.3 Å². The lowest BCUT2D eigenvalue weighted by molar-refractivity contribution is 0.0600. The highest BCUT2D eigenvalue weighted by Gasteiger charge is 2.23. The first-order valence-corrected chi connectivity index (χ1v) is 14.3. The zero-order chi connectivity index (χ0) is 28.5. The molecule has 1 aliphatic heterocycles. The number of carbonyl (C=O) groups is 2. The van der Waals surface area contributed by atoms with Gasteiger partial charge in [0.15, 0.2) is 0 Å². The van der Waals surface area contributed by atoms with Gasteiger partial charge in [0.25, 0.3) is 5.91 Å². The van der Waals surface area contributed by atoms with Gasteiger partial charge in [-0.15, -0.1) is 11.3 Å². The first kappa shape index (κ1) is 27.1. The fourth-order valence-electron chi connectivity index (χ4n) is 5.06. The Balaban J connectivity index is 1.08. The molecule has 0 bridgehead atoms. The van der Waals surface area contributed by atoms with Gasteiger partial charge in [-0.2, -0.15) is 0 Å². The lowest BCUT2D eigenvalue weighted by atomic mass is 10.0. The number of hydrogen-bond donors (Lipinski definition) is 3. The summed E-state index contributed by atoms with van der Waals surface area (Å²) in [7, 11) is 1.38. The number of amides is 1. The monoisotopic (exact) mass is 592 g/mol. The second-order valence-corrected chi connectivity index (χ2v) is 11.3. The molecule has 0 radical (unpaired) electrons. The van der Waals surface area contributed by atoms with Gasteiger partial charge in [0.2, 0.25) is 0 Å². The van der Waals surface area contributed by atoms with E-state index in [-0.39, 0.29) is 22.9 Å². The fraction of sp³-hybridized carbons (Fsp3) is 0.241. The smallest absolute Gasteiger partial charge is 0.337 e. The number of nitrogens with zero attached hydrogens (tertiary/aromatic N) is 3. The summed E-state index contributed by atoms with van der Waals surface area (Å²) in [4.78, 5) is 40.6. The van der Waals surface area contributed by atoms with E-state index < -0.39 is 5.82 Å². The van der Waals surface area contributed by atoms with Crippen molar-refractivity contribution >= 4 is 67.4 Å². The van der Waals surface area contributed by atoms with Crippen LogP contribution in [0.5, 0.6) is 0 Å². The number of H-pyrrole nitrogens is 1. The van der Waals surface area contributed by atoms with Crippen LogP contribution in [-0.2, 0) is 11.3 Å². The van der Waals surface area contributed by atoms with Crippen LogP contribution in [-0.4, -0.2) is 58.0 Å². The number of piperidine rings is 1. The number of halogens is 2. The maximum Gasteiger partial charge on any atom is 0.337 e. The van der Waals surface area contributed by atoms with E-state index in [9.17, 15) is 14.0 Å². The van der Waals surface area contributed by atoms with E-state index in [2.05, 4.69) is 30.5 Å². The molecular formula is C29H26ClFN6O3S. The van der Waals surface area contributed by atoms with Crippen molar-refractivity contribution in [3.05, 3.63) is 81.8 Å². The van der Waals surface area contributed by atoms with Crippen molar-refractivity contribution in [1.29, 1.82) is 0 Å². The Bertz CT molecular complexity index is 1760. The number of aromatic nitrogens is 3. The average Bonchev–Trinajstić information content (AvgIpc) is 3.60. The molecule has 41 heavy (non-hydrogen) atoms. The molecular weight excluding hydrogens is 567 g/mol. The fourth-order valence-corrected chi connectivity index (χ4v) is 6.15. The minimum absolute atomic E-state index is 0.00545. The van der Waals surface area contributed by atoms with Gasteiger partial charge in [-0.25, -0.2) is 19.2 Å². The highest BCUT2D eigenvalue weighted by Crippen LogP contribution is 2.31. The van der Waals surface area contributed by atoms with E-state index in [1.807, 2.05) is 18.3 Å². The zero-order valence-corrected chi connectivity index (χ0v) is 23.6. The minimum Gasteiger partial charge on any atom is -0.465 e. The minimum atomic E-state index is -0.502. The van der Waals surface area contributed by atoms with Crippen molar-refractivity contribution in [1.82, 2.24) is 25.2 Å². The quantitative estimate of drug-likeness (QED) is 0.202. The average molecular weight is 593 g/mol. The van der Waals surface area contributed by atoms with Crippen LogP contribution in [0.25, 0.3) is 21.1 Å². The Morgan fingerprint density at radius 3 is 2.76 bits per heavy atom. The number of ether oxygens (including phenoxy) is 1. The molecule has 3 aromatic heterocycles. The molecule has 9 nitrogen and oxygen atoms in total. The Labute approximate surface area is 243 Å². The highest BCUT2D eigenvalue weighted by atomic mass is 35.5. The molecule has 6 rings (SSSR count). The number of methoxy groups -OCH3 is 1. The summed E-state index contributed by atoms with van der Waals surface area (Å²) < 4.78 is 18.4. The van der Waals surface area contributed by atoms with Crippen molar-refractivity contribution in [2.45, 2.75) is 25.4 Å². The number of aromatic amines is 1. The summed E-state index contributed by atoms with van der Waals surface area (Å²) in [5, 5.41) is 8.02. The molecule has 4 heterocycles. The van der Waals surface area contributed by atoms with Crippen molar-refractivity contribution in [3.8, 4) is 0 Å². The van der Waals surface area contributed by atoms with Gasteiger partial charge >= 0.3 is 5.97 Å². The third-order valence-electron chi connectivity index (χ3n) is 7.24. The molecule has 0 atom stereocenters. The summed E-state index contributed by atoms with van der Waals surface area (Å²) >= 11 is 7.20. The first-order valence-electron chi connectivity index (χ1n) is 13.1.